The second kappa shape index (κ2) is 5.23. The highest BCUT2D eigenvalue weighted by Gasteiger charge is 2.30. The lowest BCUT2D eigenvalue weighted by molar-refractivity contribution is -0.137. The summed E-state index contributed by atoms with van der Waals surface area (Å²) >= 11 is 0. The Morgan fingerprint density at radius 2 is 1.88 bits per heavy atom. The molecular formula is C12H16F3N. The summed E-state index contributed by atoms with van der Waals surface area (Å²) in [5.74, 6) is 0. The Labute approximate surface area is 93.9 Å². The lowest BCUT2D eigenvalue weighted by Crippen LogP contribution is -2.23. The smallest absolute Gasteiger partial charge is 0.372 e. The van der Waals surface area contributed by atoms with Crippen LogP contribution in [0, 0.1) is 0 Å². The minimum Gasteiger partial charge on any atom is -0.372 e. The molecule has 16 heavy (non-hydrogen) atoms. The number of benzene rings is 1. The van der Waals surface area contributed by atoms with E-state index in [0.29, 0.717) is 5.69 Å². The molecule has 0 atom stereocenters. The highest BCUT2D eigenvalue weighted by molar-refractivity contribution is 5.49. The maximum atomic E-state index is 12.5. The predicted octanol–water partition coefficient (Wildman–Crippen LogP) is 3.94. The fourth-order valence-corrected chi connectivity index (χ4v) is 1.62. The van der Waals surface area contributed by atoms with Crippen LogP contribution in [-0.2, 0) is 6.18 Å². The zero-order valence-electron chi connectivity index (χ0n) is 9.51. The zero-order valence-corrected chi connectivity index (χ0v) is 9.51. The standard InChI is InChI=1S/C12H16F3N/c1-3-8-16(4-2)11-7-5-6-10(9-11)12(13,14)15/h5-7,9H,3-4,8H2,1-2H3. The Balaban J connectivity index is 2.97. The lowest BCUT2D eigenvalue weighted by atomic mass is 10.1. The molecular weight excluding hydrogens is 215 g/mol. The van der Waals surface area contributed by atoms with Crippen LogP contribution in [0.1, 0.15) is 25.8 Å². The van der Waals surface area contributed by atoms with E-state index in [2.05, 4.69) is 0 Å². The number of nitrogens with zero attached hydrogens (tertiary/aromatic N) is 1. The minimum absolute atomic E-state index is 0.584. The van der Waals surface area contributed by atoms with E-state index in [1.54, 1.807) is 6.07 Å². The molecule has 0 heterocycles. The van der Waals surface area contributed by atoms with Gasteiger partial charge in [0.25, 0.3) is 0 Å². The van der Waals surface area contributed by atoms with E-state index >= 15 is 0 Å². The molecule has 90 valence electrons. The SMILES string of the molecule is CCCN(CC)c1cccc(C(F)(F)F)c1. The van der Waals surface area contributed by atoms with E-state index in [-0.39, 0.29) is 0 Å². The van der Waals surface area contributed by atoms with Crippen molar-refractivity contribution in [3.63, 3.8) is 0 Å². The highest BCUT2D eigenvalue weighted by Crippen LogP contribution is 2.31. The number of rotatable bonds is 4. The summed E-state index contributed by atoms with van der Waals surface area (Å²) in [5, 5.41) is 0. The van der Waals surface area contributed by atoms with E-state index in [1.165, 1.54) is 12.1 Å². The van der Waals surface area contributed by atoms with E-state index in [1.807, 2.05) is 18.7 Å². The molecule has 1 rings (SSSR count). The van der Waals surface area contributed by atoms with Gasteiger partial charge in [-0.05, 0) is 31.5 Å². The van der Waals surface area contributed by atoms with Gasteiger partial charge in [0.15, 0.2) is 0 Å². The van der Waals surface area contributed by atoms with Crippen LogP contribution < -0.4 is 4.90 Å². The average molecular weight is 231 g/mol. The second-order valence-corrected chi connectivity index (χ2v) is 3.63. The molecule has 0 unspecified atom stereocenters. The van der Waals surface area contributed by atoms with E-state index in [4.69, 9.17) is 0 Å². The van der Waals surface area contributed by atoms with Crippen molar-refractivity contribution < 1.29 is 13.2 Å². The van der Waals surface area contributed by atoms with Crippen molar-refractivity contribution >= 4 is 5.69 Å². The molecule has 0 saturated heterocycles. The summed E-state index contributed by atoms with van der Waals surface area (Å²) in [6.45, 7) is 5.44. The third-order valence-electron chi connectivity index (χ3n) is 2.41. The Hall–Kier alpha value is -1.19. The maximum Gasteiger partial charge on any atom is 0.416 e. The molecule has 0 amide bonds. The van der Waals surface area contributed by atoms with Gasteiger partial charge in [0.1, 0.15) is 0 Å². The van der Waals surface area contributed by atoms with Gasteiger partial charge in [0.2, 0.25) is 0 Å². The molecule has 0 saturated carbocycles. The maximum absolute atomic E-state index is 12.5. The Morgan fingerprint density at radius 1 is 1.19 bits per heavy atom. The van der Waals surface area contributed by atoms with Gasteiger partial charge in [0, 0.05) is 18.8 Å². The molecule has 0 aliphatic heterocycles. The first-order chi connectivity index (χ1) is 7.49. The van der Waals surface area contributed by atoms with Gasteiger partial charge in [-0.15, -0.1) is 0 Å². The zero-order chi connectivity index (χ0) is 12.2. The normalized spacial score (nSPS) is 11.6. The minimum atomic E-state index is -4.26. The summed E-state index contributed by atoms with van der Waals surface area (Å²) in [5.41, 5.74) is 0.0544. The van der Waals surface area contributed by atoms with Crippen molar-refractivity contribution in [2.45, 2.75) is 26.4 Å². The molecule has 0 spiro atoms. The van der Waals surface area contributed by atoms with Crippen molar-refractivity contribution in [1.29, 1.82) is 0 Å². The highest BCUT2D eigenvalue weighted by atomic mass is 19.4. The summed E-state index contributed by atoms with van der Waals surface area (Å²) < 4.78 is 37.5. The predicted molar refractivity (Wildman–Crippen MR) is 59.6 cm³/mol. The molecule has 0 aromatic heterocycles. The molecule has 0 fully saturated rings. The summed E-state index contributed by atoms with van der Waals surface area (Å²) in [6, 6.07) is 5.48. The molecule has 1 aromatic carbocycles. The van der Waals surface area contributed by atoms with Crippen LogP contribution in [-0.4, -0.2) is 13.1 Å². The van der Waals surface area contributed by atoms with Crippen molar-refractivity contribution in [1.82, 2.24) is 0 Å². The third-order valence-corrected chi connectivity index (χ3v) is 2.41. The number of hydrogen-bond acceptors (Lipinski definition) is 1. The number of hydrogen-bond donors (Lipinski definition) is 0. The first kappa shape index (κ1) is 12.9. The van der Waals surface area contributed by atoms with E-state index in [0.717, 1.165) is 25.6 Å². The van der Waals surface area contributed by atoms with Crippen LogP contribution >= 0.6 is 0 Å². The van der Waals surface area contributed by atoms with Crippen LogP contribution in [0.5, 0.6) is 0 Å². The first-order valence-electron chi connectivity index (χ1n) is 5.41. The van der Waals surface area contributed by atoms with Gasteiger partial charge < -0.3 is 4.90 Å². The van der Waals surface area contributed by atoms with Crippen molar-refractivity contribution in [2.24, 2.45) is 0 Å². The first-order valence-corrected chi connectivity index (χ1v) is 5.41. The third kappa shape index (κ3) is 3.15. The molecule has 0 radical (unpaired) electrons. The second-order valence-electron chi connectivity index (χ2n) is 3.63. The Morgan fingerprint density at radius 3 is 2.38 bits per heavy atom. The van der Waals surface area contributed by atoms with Crippen molar-refractivity contribution in [3.05, 3.63) is 29.8 Å². The average Bonchev–Trinajstić information content (AvgIpc) is 2.25. The molecule has 0 aliphatic rings. The van der Waals surface area contributed by atoms with Gasteiger partial charge in [-0.1, -0.05) is 13.0 Å². The Kier molecular flexibility index (Phi) is 4.21. The summed E-state index contributed by atoms with van der Waals surface area (Å²) in [4.78, 5) is 1.94. The fraction of sp³-hybridized carbons (Fsp3) is 0.500. The van der Waals surface area contributed by atoms with Crippen LogP contribution in [0.4, 0.5) is 18.9 Å². The number of anilines is 1. The summed E-state index contributed by atoms with van der Waals surface area (Å²) in [7, 11) is 0. The van der Waals surface area contributed by atoms with Gasteiger partial charge in [-0.2, -0.15) is 13.2 Å². The van der Waals surface area contributed by atoms with Crippen LogP contribution in [0.2, 0.25) is 0 Å². The molecule has 1 nitrogen and oxygen atoms in total. The van der Waals surface area contributed by atoms with Gasteiger partial charge in [-0.3, -0.25) is 0 Å². The van der Waals surface area contributed by atoms with Crippen molar-refractivity contribution in [2.75, 3.05) is 18.0 Å². The number of alkyl halides is 3. The lowest BCUT2D eigenvalue weighted by Gasteiger charge is -2.23. The van der Waals surface area contributed by atoms with Crippen LogP contribution in [0.3, 0.4) is 0 Å². The van der Waals surface area contributed by atoms with Gasteiger partial charge in [-0.25, -0.2) is 0 Å². The monoisotopic (exact) mass is 231 g/mol. The van der Waals surface area contributed by atoms with Gasteiger partial charge in [0.05, 0.1) is 5.56 Å². The van der Waals surface area contributed by atoms with Crippen LogP contribution in [0.15, 0.2) is 24.3 Å². The van der Waals surface area contributed by atoms with Crippen molar-refractivity contribution in [3.8, 4) is 0 Å². The molecule has 1 aromatic rings. The van der Waals surface area contributed by atoms with E-state index in [9.17, 15) is 13.2 Å². The largest absolute Gasteiger partial charge is 0.416 e. The van der Waals surface area contributed by atoms with E-state index < -0.39 is 11.7 Å². The molecule has 0 bridgehead atoms. The topological polar surface area (TPSA) is 3.24 Å². The molecule has 0 N–H and O–H groups in total. The van der Waals surface area contributed by atoms with Gasteiger partial charge >= 0.3 is 6.18 Å². The fourth-order valence-electron chi connectivity index (χ4n) is 1.62. The molecule has 4 heteroatoms. The summed E-state index contributed by atoms with van der Waals surface area (Å²) in [6.07, 6.45) is -3.34. The quantitative estimate of drug-likeness (QED) is 0.758. The Bertz CT molecular complexity index is 333. The van der Waals surface area contributed by atoms with Crippen LogP contribution in [0.25, 0.3) is 0 Å². The molecule has 0 aliphatic carbocycles. The number of halogens is 3.